The molecule has 0 amide bonds. The maximum Gasteiger partial charge on any atom is 0.0881 e. The molecule has 3 nitrogen and oxygen atoms in total. The van der Waals surface area contributed by atoms with Crippen LogP contribution in [0.5, 0.6) is 0 Å². The van der Waals surface area contributed by atoms with E-state index in [9.17, 15) is 0 Å². The zero-order valence-electron chi connectivity index (χ0n) is 12.6. The molecule has 1 N–H and O–H groups in total. The molecule has 0 saturated carbocycles. The number of nitrogens with one attached hydrogen (secondary N) is 1. The van der Waals surface area contributed by atoms with E-state index in [0.29, 0.717) is 11.6 Å². The van der Waals surface area contributed by atoms with Crippen LogP contribution < -0.4 is 5.32 Å². The van der Waals surface area contributed by atoms with E-state index in [4.69, 9.17) is 32.7 Å². The first-order chi connectivity index (χ1) is 10.1. The molecule has 1 fully saturated rings. The number of rotatable bonds is 6. The molecule has 21 heavy (non-hydrogen) atoms. The third kappa shape index (κ3) is 4.11. The summed E-state index contributed by atoms with van der Waals surface area (Å²) in [7, 11) is 1.97. The first-order valence-electron chi connectivity index (χ1n) is 7.44. The predicted molar refractivity (Wildman–Crippen MR) is 87.4 cm³/mol. The highest BCUT2D eigenvalue weighted by Crippen LogP contribution is 2.32. The molecule has 1 heterocycles. The van der Waals surface area contributed by atoms with Gasteiger partial charge in [-0.2, -0.15) is 0 Å². The maximum absolute atomic E-state index is 6.31. The van der Waals surface area contributed by atoms with Crippen LogP contribution in [0.3, 0.4) is 0 Å². The normalized spacial score (nSPS) is 19.4. The first-order valence-corrected chi connectivity index (χ1v) is 8.20. The van der Waals surface area contributed by atoms with Crippen LogP contribution in [-0.4, -0.2) is 38.5 Å². The van der Waals surface area contributed by atoms with Gasteiger partial charge in [0.25, 0.3) is 0 Å². The topological polar surface area (TPSA) is 30.5 Å². The van der Waals surface area contributed by atoms with Crippen LogP contribution in [0.1, 0.15) is 25.3 Å². The van der Waals surface area contributed by atoms with Crippen LogP contribution >= 0.6 is 23.2 Å². The molecule has 0 bridgehead atoms. The Kier molecular flexibility index (Phi) is 6.33. The Morgan fingerprint density at radius 1 is 1.33 bits per heavy atom. The molecule has 1 aromatic carbocycles. The summed E-state index contributed by atoms with van der Waals surface area (Å²) in [5, 5.41) is 4.87. The van der Waals surface area contributed by atoms with E-state index in [1.165, 1.54) is 0 Å². The maximum atomic E-state index is 6.31. The predicted octanol–water partition coefficient (Wildman–Crippen LogP) is 3.71. The zero-order valence-corrected chi connectivity index (χ0v) is 14.1. The highest BCUT2D eigenvalue weighted by molar-refractivity contribution is 6.33. The largest absolute Gasteiger partial charge is 0.381 e. The molecular formula is C16H23Cl2NO2. The van der Waals surface area contributed by atoms with Gasteiger partial charge in [0.1, 0.15) is 0 Å². The van der Waals surface area contributed by atoms with Gasteiger partial charge in [0, 0.05) is 48.7 Å². The van der Waals surface area contributed by atoms with Gasteiger partial charge in [0.05, 0.1) is 5.60 Å². The minimum Gasteiger partial charge on any atom is -0.381 e. The van der Waals surface area contributed by atoms with Crippen LogP contribution in [0.15, 0.2) is 18.2 Å². The second kappa shape index (κ2) is 7.80. The van der Waals surface area contributed by atoms with E-state index < -0.39 is 0 Å². The first kappa shape index (κ1) is 17.0. The quantitative estimate of drug-likeness (QED) is 0.861. The van der Waals surface area contributed by atoms with E-state index in [1.807, 2.05) is 32.2 Å². The Hall–Kier alpha value is -0.320. The number of benzene rings is 1. The average Bonchev–Trinajstić information content (AvgIpc) is 2.49. The van der Waals surface area contributed by atoms with Crippen molar-refractivity contribution in [3.05, 3.63) is 33.8 Å². The van der Waals surface area contributed by atoms with Crippen molar-refractivity contribution in [3.8, 4) is 0 Å². The summed E-state index contributed by atoms with van der Waals surface area (Å²) in [6.07, 6.45) is 2.57. The van der Waals surface area contributed by atoms with Crippen LogP contribution in [-0.2, 0) is 15.9 Å². The van der Waals surface area contributed by atoms with Gasteiger partial charge in [-0.25, -0.2) is 0 Å². The van der Waals surface area contributed by atoms with Crippen molar-refractivity contribution in [3.63, 3.8) is 0 Å². The average molecular weight is 332 g/mol. The van der Waals surface area contributed by atoms with Crippen molar-refractivity contribution >= 4 is 23.2 Å². The number of halogens is 2. The molecule has 1 unspecified atom stereocenters. The number of hydrogen-bond acceptors (Lipinski definition) is 3. The van der Waals surface area contributed by atoms with Gasteiger partial charge in [-0.05, 0) is 44.2 Å². The van der Waals surface area contributed by atoms with Crippen LogP contribution in [0.2, 0.25) is 10.0 Å². The number of hydrogen-bond donors (Lipinski definition) is 1. The molecule has 1 saturated heterocycles. The van der Waals surface area contributed by atoms with Crippen LogP contribution in [0.25, 0.3) is 0 Å². The molecule has 0 radical (unpaired) electrons. The van der Waals surface area contributed by atoms with Gasteiger partial charge in [-0.3, -0.25) is 0 Å². The van der Waals surface area contributed by atoms with Crippen molar-refractivity contribution in [1.29, 1.82) is 0 Å². The van der Waals surface area contributed by atoms with Gasteiger partial charge >= 0.3 is 0 Å². The Balaban J connectivity index is 2.22. The van der Waals surface area contributed by atoms with E-state index in [1.54, 1.807) is 0 Å². The van der Waals surface area contributed by atoms with E-state index >= 15 is 0 Å². The van der Waals surface area contributed by atoms with Gasteiger partial charge in [-0.15, -0.1) is 0 Å². The Bertz CT molecular complexity index is 456. The Labute approximate surface area is 136 Å². The molecule has 0 aliphatic carbocycles. The second-order valence-electron chi connectivity index (χ2n) is 5.39. The van der Waals surface area contributed by atoms with E-state index in [-0.39, 0.29) is 11.6 Å². The van der Waals surface area contributed by atoms with E-state index in [0.717, 1.165) is 43.1 Å². The number of likely N-dealkylation sites (N-methyl/N-ethyl adjacent to an activating group) is 1. The summed E-state index contributed by atoms with van der Waals surface area (Å²) in [6.45, 7) is 4.21. The molecule has 5 heteroatoms. The Morgan fingerprint density at radius 3 is 2.67 bits per heavy atom. The van der Waals surface area contributed by atoms with Crippen LogP contribution in [0.4, 0.5) is 0 Å². The monoisotopic (exact) mass is 331 g/mol. The molecule has 1 atom stereocenters. The molecule has 1 aliphatic heterocycles. The summed E-state index contributed by atoms with van der Waals surface area (Å²) < 4.78 is 11.7. The zero-order chi connectivity index (χ0) is 15.3. The van der Waals surface area contributed by atoms with Gasteiger partial charge in [0.2, 0.25) is 0 Å². The third-order valence-electron chi connectivity index (χ3n) is 4.19. The minimum absolute atomic E-state index is 0.178. The van der Waals surface area contributed by atoms with E-state index in [2.05, 4.69) is 5.32 Å². The molecule has 2 rings (SSSR count). The molecule has 118 valence electrons. The van der Waals surface area contributed by atoms with Crippen molar-refractivity contribution in [2.45, 2.75) is 37.8 Å². The smallest absolute Gasteiger partial charge is 0.0881 e. The lowest BCUT2D eigenvalue weighted by molar-refractivity contribution is -0.125. The molecule has 1 aromatic rings. The summed E-state index contributed by atoms with van der Waals surface area (Å²) in [5.74, 6) is 0. The SMILES string of the molecule is CCOC1(C(Cc2cc(Cl)ccc2Cl)NC)CCOCC1. The van der Waals surface area contributed by atoms with Gasteiger partial charge in [-0.1, -0.05) is 23.2 Å². The molecule has 1 aliphatic rings. The lowest BCUT2D eigenvalue weighted by Gasteiger charge is -2.43. The summed E-state index contributed by atoms with van der Waals surface area (Å²) >= 11 is 12.4. The highest BCUT2D eigenvalue weighted by Gasteiger charge is 2.40. The van der Waals surface area contributed by atoms with Gasteiger partial charge < -0.3 is 14.8 Å². The van der Waals surface area contributed by atoms with Crippen molar-refractivity contribution < 1.29 is 9.47 Å². The molecule has 0 spiro atoms. The highest BCUT2D eigenvalue weighted by atomic mass is 35.5. The van der Waals surface area contributed by atoms with Crippen molar-refractivity contribution in [2.75, 3.05) is 26.9 Å². The summed E-state index contributed by atoms with van der Waals surface area (Å²) in [4.78, 5) is 0. The molecule has 0 aromatic heterocycles. The van der Waals surface area contributed by atoms with Crippen LogP contribution in [0, 0.1) is 0 Å². The van der Waals surface area contributed by atoms with Crippen molar-refractivity contribution in [2.24, 2.45) is 0 Å². The number of ether oxygens (including phenoxy) is 2. The fraction of sp³-hybridized carbons (Fsp3) is 0.625. The summed E-state index contributed by atoms with van der Waals surface area (Å²) in [6, 6.07) is 5.78. The minimum atomic E-state index is -0.201. The van der Waals surface area contributed by atoms with Gasteiger partial charge in [0.15, 0.2) is 0 Å². The summed E-state index contributed by atoms with van der Waals surface area (Å²) in [5.41, 5.74) is 0.849. The standard InChI is InChI=1S/C16H23Cl2NO2/c1-3-21-16(6-8-20-9-7-16)15(19-2)11-12-10-13(17)4-5-14(12)18/h4-5,10,15,19H,3,6-9,11H2,1-2H3. The Morgan fingerprint density at radius 2 is 2.05 bits per heavy atom. The second-order valence-corrected chi connectivity index (χ2v) is 6.23. The fourth-order valence-electron chi connectivity index (χ4n) is 3.07. The lowest BCUT2D eigenvalue weighted by atomic mass is 9.82. The lowest BCUT2D eigenvalue weighted by Crippen LogP contribution is -2.55. The molecular weight excluding hydrogens is 309 g/mol. The van der Waals surface area contributed by atoms with Crippen molar-refractivity contribution in [1.82, 2.24) is 5.32 Å². The third-order valence-corrected chi connectivity index (χ3v) is 4.79. The fourth-order valence-corrected chi connectivity index (χ4v) is 3.46.